The number of halogens is 2. The van der Waals surface area contributed by atoms with Crippen LogP contribution in [0, 0.1) is 0 Å². The normalized spacial score (nSPS) is 12.2. The second kappa shape index (κ2) is 5.52. The molecule has 0 radical (unpaired) electrons. The molecule has 1 heterocycles. The Morgan fingerprint density at radius 3 is 2.59 bits per heavy atom. The fourth-order valence-electron chi connectivity index (χ4n) is 1.58. The molecule has 4 heteroatoms. The number of pyridine rings is 1. The van der Waals surface area contributed by atoms with E-state index in [0.717, 1.165) is 10.2 Å². The largest absolute Gasteiger partial charge is 0.377 e. The third kappa shape index (κ3) is 3.20. The maximum Gasteiger partial charge on any atom is 0.0648 e. The summed E-state index contributed by atoms with van der Waals surface area (Å²) in [4.78, 5) is 4.00. The number of rotatable bonds is 3. The van der Waals surface area contributed by atoms with Crippen LogP contribution in [0.2, 0.25) is 5.02 Å². The Hall–Kier alpha value is -1.06. The molecule has 17 heavy (non-hydrogen) atoms. The lowest BCUT2D eigenvalue weighted by atomic mass is 10.1. The number of hydrogen-bond acceptors (Lipinski definition) is 2. The zero-order chi connectivity index (χ0) is 12.3. The van der Waals surface area contributed by atoms with Crippen molar-refractivity contribution in [3.63, 3.8) is 0 Å². The van der Waals surface area contributed by atoms with Crippen molar-refractivity contribution >= 4 is 33.2 Å². The third-order valence-electron chi connectivity index (χ3n) is 2.51. The minimum absolute atomic E-state index is 0.191. The zero-order valence-electron chi connectivity index (χ0n) is 9.32. The number of nitrogens with zero attached hydrogens (tertiary/aromatic N) is 1. The Kier molecular flexibility index (Phi) is 4.02. The molecule has 0 aliphatic heterocycles. The van der Waals surface area contributed by atoms with Gasteiger partial charge in [0.25, 0.3) is 0 Å². The fraction of sp³-hybridized carbons (Fsp3) is 0.154. The molecule has 2 aromatic rings. The Bertz CT molecular complexity index is 502. The molecule has 0 saturated carbocycles. The number of benzene rings is 1. The average molecular weight is 312 g/mol. The van der Waals surface area contributed by atoms with Crippen LogP contribution < -0.4 is 5.32 Å². The summed E-state index contributed by atoms with van der Waals surface area (Å²) in [6, 6.07) is 9.98. The Morgan fingerprint density at radius 1 is 1.24 bits per heavy atom. The first kappa shape index (κ1) is 12.4. The molecule has 0 aliphatic carbocycles. The van der Waals surface area contributed by atoms with Crippen molar-refractivity contribution in [2.45, 2.75) is 13.0 Å². The molecular weight excluding hydrogens is 300 g/mol. The highest BCUT2D eigenvalue weighted by molar-refractivity contribution is 9.10. The highest BCUT2D eigenvalue weighted by Crippen LogP contribution is 2.28. The zero-order valence-corrected chi connectivity index (χ0v) is 11.7. The van der Waals surface area contributed by atoms with E-state index >= 15 is 0 Å². The lowest BCUT2D eigenvalue weighted by Crippen LogP contribution is -2.06. The first-order valence-electron chi connectivity index (χ1n) is 5.28. The molecule has 2 nitrogen and oxygen atoms in total. The number of aromatic nitrogens is 1. The van der Waals surface area contributed by atoms with Gasteiger partial charge in [-0.05, 0) is 42.8 Å². The van der Waals surface area contributed by atoms with Crippen LogP contribution in [0.1, 0.15) is 18.5 Å². The second-order valence-electron chi connectivity index (χ2n) is 3.77. The van der Waals surface area contributed by atoms with Gasteiger partial charge in [-0.2, -0.15) is 0 Å². The number of anilines is 1. The van der Waals surface area contributed by atoms with Crippen LogP contribution in [-0.4, -0.2) is 4.98 Å². The molecule has 0 fully saturated rings. The molecule has 0 aliphatic rings. The van der Waals surface area contributed by atoms with Gasteiger partial charge in [0, 0.05) is 22.9 Å². The first-order chi connectivity index (χ1) is 8.16. The molecule has 1 unspecified atom stereocenters. The van der Waals surface area contributed by atoms with Crippen molar-refractivity contribution in [3.8, 4) is 0 Å². The van der Waals surface area contributed by atoms with E-state index in [-0.39, 0.29) is 6.04 Å². The van der Waals surface area contributed by atoms with E-state index in [9.17, 15) is 0 Å². The predicted molar refractivity (Wildman–Crippen MR) is 75.4 cm³/mol. The maximum atomic E-state index is 6.16. The second-order valence-corrected chi connectivity index (χ2v) is 5.09. The van der Waals surface area contributed by atoms with Crippen molar-refractivity contribution in [2.75, 3.05) is 5.32 Å². The first-order valence-corrected chi connectivity index (χ1v) is 6.45. The molecule has 1 aromatic carbocycles. The molecule has 1 aromatic heterocycles. The maximum absolute atomic E-state index is 6.16. The van der Waals surface area contributed by atoms with Crippen molar-refractivity contribution in [3.05, 3.63) is 57.8 Å². The van der Waals surface area contributed by atoms with Gasteiger partial charge < -0.3 is 5.32 Å². The lowest BCUT2D eigenvalue weighted by Gasteiger charge is -2.16. The summed E-state index contributed by atoms with van der Waals surface area (Å²) in [6.45, 7) is 2.09. The van der Waals surface area contributed by atoms with Crippen molar-refractivity contribution in [1.29, 1.82) is 0 Å². The standard InChI is InChI=1S/C13H12BrClN2/c1-9(10-4-6-16-7-5-10)17-13-3-2-11(14)8-12(13)15/h2-9,17H,1H3. The van der Waals surface area contributed by atoms with Crippen molar-refractivity contribution in [1.82, 2.24) is 4.98 Å². The van der Waals surface area contributed by atoms with Crippen LogP contribution >= 0.6 is 27.5 Å². The van der Waals surface area contributed by atoms with Gasteiger partial charge >= 0.3 is 0 Å². The molecule has 0 bridgehead atoms. The van der Waals surface area contributed by atoms with Crippen LogP contribution in [0.5, 0.6) is 0 Å². The number of nitrogens with one attached hydrogen (secondary N) is 1. The third-order valence-corrected chi connectivity index (χ3v) is 3.32. The number of hydrogen-bond donors (Lipinski definition) is 1. The van der Waals surface area contributed by atoms with Gasteiger partial charge in [0.2, 0.25) is 0 Å². The van der Waals surface area contributed by atoms with Gasteiger partial charge in [0.05, 0.1) is 10.7 Å². The molecule has 1 N–H and O–H groups in total. The topological polar surface area (TPSA) is 24.9 Å². The molecule has 0 saturated heterocycles. The smallest absolute Gasteiger partial charge is 0.0648 e. The van der Waals surface area contributed by atoms with Crippen LogP contribution in [-0.2, 0) is 0 Å². The summed E-state index contributed by atoms with van der Waals surface area (Å²) in [5.41, 5.74) is 2.11. The minimum atomic E-state index is 0.191. The molecule has 2 rings (SSSR count). The Morgan fingerprint density at radius 2 is 1.94 bits per heavy atom. The van der Waals surface area contributed by atoms with E-state index in [4.69, 9.17) is 11.6 Å². The molecule has 88 valence electrons. The summed E-state index contributed by atoms with van der Waals surface area (Å²) in [6.07, 6.45) is 3.58. The van der Waals surface area contributed by atoms with E-state index in [0.29, 0.717) is 5.02 Å². The summed E-state index contributed by atoms with van der Waals surface area (Å²) in [7, 11) is 0. The molecule has 0 amide bonds. The Labute approximate surface area is 114 Å². The van der Waals surface area contributed by atoms with Gasteiger partial charge in [-0.25, -0.2) is 0 Å². The quantitative estimate of drug-likeness (QED) is 0.891. The average Bonchev–Trinajstić information content (AvgIpc) is 2.34. The van der Waals surface area contributed by atoms with Crippen molar-refractivity contribution < 1.29 is 0 Å². The molecule has 0 spiro atoms. The highest BCUT2D eigenvalue weighted by Gasteiger charge is 2.07. The summed E-state index contributed by atoms with van der Waals surface area (Å²) in [5, 5.41) is 4.08. The SMILES string of the molecule is CC(Nc1ccc(Br)cc1Cl)c1ccncc1. The molecular formula is C13H12BrClN2. The fourth-order valence-corrected chi connectivity index (χ4v) is 2.30. The van der Waals surface area contributed by atoms with E-state index in [1.54, 1.807) is 12.4 Å². The van der Waals surface area contributed by atoms with Gasteiger partial charge in [-0.15, -0.1) is 0 Å². The van der Waals surface area contributed by atoms with E-state index in [2.05, 4.69) is 33.2 Å². The minimum Gasteiger partial charge on any atom is -0.377 e. The van der Waals surface area contributed by atoms with Crippen LogP contribution in [0.3, 0.4) is 0 Å². The van der Waals surface area contributed by atoms with Crippen LogP contribution in [0.25, 0.3) is 0 Å². The van der Waals surface area contributed by atoms with E-state index in [1.807, 2.05) is 30.3 Å². The summed E-state index contributed by atoms with van der Waals surface area (Å²) >= 11 is 9.54. The summed E-state index contributed by atoms with van der Waals surface area (Å²) < 4.78 is 0.976. The van der Waals surface area contributed by atoms with Gasteiger partial charge in [0.1, 0.15) is 0 Å². The van der Waals surface area contributed by atoms with E-state index in [1.165, 1.54) is 5.56 Å². The monoisotopic (exact) mass is 310 g/mol. The van der Waals surface area contributed by atoms with Crippen molar-refractivity contribution in [2.24, 2.45) is 0 Å². The van der Waals surface area contributed by atoms with Gasteiger partial charge in [-0.1, -0.05) is 27.5 Å². The summed E-state index contributed by atoms with van der Waals surface area (Å²) in [5.74, 6) is 0. The Balaban J connectivity index is 2.16. The van der Waals surface area contributed by atoms with Gasteiger partial charge in [0.15, 0.2) is 0 Å². The van der Waals surface area contributed by atoms with Crippen LogP contribution in [0.4, 0.5) is 5.69 Å². The highest BCUT2D eigenvalue weighted by atomic mass is 79.9. The lowest BCUT2D eigenvalue weighted by molar-refractivity contribution is 0.881. The van der Waals surface area contributed by atoms with Gasteiger partial charge in [-0.3, -0.25) is 4.98 Å². The van der Waals surface area contributed by atoms with E-state index < -0.39 is 0 Å². The molecule has 1 atom stereocenters. The van der Waals surface area contributed by atoms with Crippen LogP contribution in [0.15, 0.2) is 47.2 Å². The predicted octanol–water partition coefficient (Wildman–Crippen LogP) is 4.67.